The predicted molar refractivity (Wildman–Crippen MR) is 120 cm³/mol. The van der Waals surface area contributed by atoms with Crippen molar-refractivity contribution >= 4 is 34.0 Å². The van der Waals surface area contributed by atoms with Crippen molar-refractivity contribution in [1.29, 1.82) is 0 Å². The molecular formula is C22H17F6N5O3S. The highest BCUT2D eigenvalue weighted by Gasteiger charge is 2.43. The largest absolute Gasteiger partial charge is 0.490 e. The van der Waals surface area contributed by atoms with E-state index in [4.69, 9.17) is 5.73 Å². The van der Waals surface area contributed by atoms with E-state index in [1.807, 2.05) is 0 Å². The molecular weight excluding hydrogens is 528 g/mol. The third-order valence-corrected chi connectivity index (χ3v) is 6.24. The maximum absolute atomic E-state index is 12.9. The van der Waals surface area contributed by atoms with E-state index >= 15 is 0 Å². The van der Waals surface area contributed by atoms with Crippen LogP contribution in [0.4, 0.5) is 37.2 Å². The summed E-state index contributed by atoms with van der Waals surface area (Å²) in [5, 5.41) is 14.2. The Balaban J connectivity index is 1.48. The number of nitrogens with zero attached hydrogens (tertiary/aromatic N) is 2. The smallest absolute Gasteiger partial charge is 0.449 e. The number of esters is 1. The van der Waals surface area contributed by atoms with Gasteiger partial charge in [0.1, 0.15) is 11.1 Å². The summed E-state index contributed by atoms with van der Waals surface area (Å²) in [7, 11) is 0. The van der Waals surface area contributed by atoms with Gasteiger partial charge in [0.25, 0.3) is 0 Å². The van der Waals surface area contributed by atoms with Crippen molar-refractivity contribution in [3.05, 3.63) is 59.2 Å². The zero-order chi connectivity index (χ0) is 27.0. The van der Waals surface area contributed by atoms with Crippen molar-refractivity contribution in [2.24, 2.45) is 5.73 Å². The fraction of sp³-hybridized carbons (Fsp3) is 0.273. The summed E-state index contributed by atoms with van der Waals surface area (Å²) in [4.78, 5) is 23.0. The topological polar surface area (TPSA) is 119 Å². The van der Waals surface area contributed by atoms with E-state index in [-0.39, 0.29) is 29.6 Å². The average Bonchev–Trinajstić information content (AvgIpc) is 3.44. The average molecular weight is 545 g/mol. The number of nitrogens with one attached hydrogen (secondary N) is 2. The van der Waals surface area contributed by atoms with Gasteiger partial charge >= 0.3 is 18.3 Å². The molecule has 0 unspecified atom stereocenters. The van der Waals surface area contributed by atoms with Gasteiger partial charge in [-0.25, -0.2) is 4.79 Å². The minimum atomic E-state index is -5.33. The van der Waals surface area contributed by atoms with Gasteiger partial charge in [0, 0.05) is 17.8 Å². The lowest BCUT2D eigenvalue weighted by Gasteiger charge is -2.25. The van der Waals surface area contributed by atoms with E-state index in [0.717, 1.165) is 29.0 Å². The number of alkyl halides is 6. The number of anilines is 2. The van der Waals surface area contributed by atoms with Crippen LogP contribution in [0.5, 0.6) is 0 Å². The lowest BCUT2D eigenvalue weighted by Crippen LogP contribution is -2.40. The zero-order valence-corrected chi connectivity index (χ0v) is 19.3. The van der Waals surface area contributed by atoms with Crippen LogP contribution in [-0.4, -0.2) is 40.8 Å². The molecule has 1 amide bonds. The molecule has 1 aliphatic heterocycles. The van der Waals surface area contributed by atoms with Crippen molar-refractivity contribution in [2.45, 2.75) is 30.9 Å². The van der Waals surface area contributed by atoms with E-state index in [1.165, 1.54) is 0 Å². The summed E-state index contributed by atoms with van der Waals surface area (Å²) in [5.41, 5.74) is 6.99. The molecule has 196 valence electrons. The van der Waals surface area contributed by atoms with Crippen LogP contribution >= 0.6 is 11.3 Å². The fourth-order valence-electron chi connectivity index (χ4n) is 3.53. The van der Waals surface area contributed by atoms with Gasteiger partial charge in [0.15, 0.2) is 0 Å². The molecule has 2 atom stereocenters. The number of hydrogen-bond acceptors (Lipinski definition) is 8. The highest BCUT2D eigenvalue weighted by Crippen LogP contribution is 2.34. The SMILES string of the molecule is N[C@H](CNc1nnc(-c2ccc3c(c2)CC(=O)N3)s1)[C@@H](OC(=O)C(F)(F)F)c1ccc(C(F)(F)F)cc1. The van der Waals surface area contributed by atoms with Gasteiger partial charge < -0.3 is 21.1 Å². The number of halogens is 6. The molecule has 8 nitrogen and oxygen atoms in total. The first kappa shape index (κ1) is 26.3. The van der Waals surface area contributed by atoms with Gasteiger partial charge in [0.2, 0.25) is 11.0 Å². The van der Waals surface area contributed by atoms with Crippen LogP contribution in [0.3, 0.4) is 0 Å². The number of rotatable bonds is 7. The van der Waals surface area contributed by atoms with Crippen molar-refractivity contribution in [3.63, 3.8) is 0 Å². The Morgan fingerprint density at radius 3 is 2.46 bits per heavy atom. The van der Waals surface area contributed by atoms with E-state index in [9.17, 15) is 35.9 Å². The van der Waals surface area contributed by atoms with Crippen molar-refractivity contribution in [2.75, 3.05) is 17.2 Å². The fourth-order valence-corrected chi connectivity index (χ4v) is 4.28. The van der Waals surface area contributed by atoms with Crippen LogP contribution in [0.25, 0.3) is 10.6 Å². The summed E-state index contributed by atoms with van der Waals surface area (Å²) < 4.78 is 81.5. The summed E-state index contributed by atoms with van der Waals surface area (Å²) in [6.07, 6.45) is -11.5. The van der Waals surface area contributed by atoms with Crippen molar-refractivity contribution < 1.29 is 40.7 Å². The van der Waals surface area contributed by atoms with E-state index in [2.05, 4.69) is 25.6 Å². The molecule has 2 heterocycles. The lowest BCUT2D eigenvalue weighted by molar-refractivity contribution is -0.206. The molecule has 0 saturated heterocycles. The second kappa shape index (κ2) is 9.97. The van der Waals surface area contributed by atoms with Crippen LogP contribution in [-0.2, 0) is 26.9 Å². The molecule has 1 aliphatic rings. The maximum atomic E-state index is 12.9. The molecule has 0 radical (unpaired) electrons. The Hall–Kier alpha value is -3.72. The summed E-state index contributed by atoms with van der Waals surface area (Å²) >= 11 is 1.10. The van der Waals surface area contributed by atoms with Gasteiger partial charge in [-0.2, -0.15) is 26.3 Å². The highest BCUT2D eigenvalue weighted by molar-refractivity contribution is 7.18. The van der Waals surface area contributed by atoms with E-state index in [0.29, 0.717) is 28.4 Å². The molecule has 0 bridgehead atoms. The quantitative estimate of drug-likeness (QED) is 0.299. The molecule has 4 N–H and O–H groups in total. The third kappa shape index (κ3) is 6.17. The van der Waals surface area contributed by atoms with E-state index in [1.54, 1.807) is 18.2 Å². The van der Waals surface area contributed by atoms with Gasteiger partial charge in [-0.1, -0.05) is 23.5 Å². The summed E-state index contributed by atoms with van der Waals surface area (Å²) in [6, 6.07) is 7.04. The van der Waals surface area contributed by atoms with Crippen molar-refractivity contribution in [1.82, 2.24) is 10.2 Å². The molecule has 2 aromatic carbocycles. The molecule has 37 heavy (non-hydrogen) atoms. The van der Waals surface area contributed by atoms with Gasteiger partial charge in [0.05, 0.1) is 18.0 Å². The Kier molecular flexibility index (Phi) is 7.10. The molecule has 0 aliphatic carbocycles. The molecule has 4 rings (SSSR count). The second-order valence-electron chi connectivity index (χ2n) is 8.00. The first-order valence-corrected chi connectivity index (χ1v) is 11.3. The molecule has 3 aromatic rings. The summed E-state index contributed by atoms with van der Waals surface area (Å²) in [6.45, 7) is -0.256. The Morgan fingerprint density at radius 2 is 1.81 bits per heavy atom. The van der Waals surface area contributed by atoms with Gasteiger partial charge in [-0.15, -0.1) is 10.2 Å². The van der Waals surface area contributed by atoms with Crippen LogP contribution in [0.2, 0.25) is 0 Å². The van der Waals surface area contributed by atoms with Gasteiger partial charge in [-0.3, -0.25) is 4.79 Å². The Morgan fingerprint density at radius 1 is 1.11 bits per heavy atom. The minimum absolute atomic E-state index is 0.130. The van der Waals surface area contributed by atoms with E-state index < -0.39 is 36.0 Å². The second-order valence-corrected chi connectivity index (χ2v) is 8.97. The molecule has 15 heteroatoms. The highest BCUT2D eigenvalue weighted by atomic mass is 32.1. The number of aromatic nitrogens is 2. The Labute approximate surface area is 208 Å². The lowest BCUT2D eigenvalue weighted by atomic mass is 10.0. The summed E-state index contributed by atoms with van der Waals surface area (Å²) in [5.74, 6) is -2.66. The van der Waals surface area contributed by atoms with Crippen LogP contribution in [0, 0.1) is 0 Å². The zero-order valence-electron chi connectivity index (χ0n) is 18.5. The normalized spacial score (nSPS) is 15.1. The molecule has 1 aromatic heterocycles. The first-order valence-electron chi connectivity index (χ1n) is 10.5. The number of amides is 1. The predicted octanol–water partition coefficient (Wildman–Crippen LogP) is 4.30. The molecule has 0 fully saturated rings. The third-order valence-electron chi connectivity index (χ3n) is 5.31. The number of fused-ring (bicyclic) bond motifs is 1. The number of benzene rings is 2. The van der Waals surface area contributed by atoms with Crippen LogP contribution in [0.1, 0.15) is 22.8 Å². The van der Waals surface area contributed by atoms with Crippen molar-refractivity contribution in [3.8, 4) is 10.6 Å². The van der Waals surface area contributed by atoms with Crippen LogP contribution < -0.4 is 16.4 Å². The number of hydrogen-bond donors (Lipinski definition) is 3. The number of ether oxygens (including phenoxy) is 1. The number of nitrogens with two attached hydrogens (primary N) is 1. The minimum Gasteiger partial charge on any atom is -0.449 e. The molecule has 0 spiro atoms. The number of carbonyl (C=O) groups excluding carboxylic acids is 2. The molecule has 0 saturated carbocycles. The monoisotopic (exact) mass is 545 g/mol. The standard InChI is InChI=1S/C22H17F6N5O3S/c23-21(24,25)13-4-1-10(2-5-13)17(36-19(35)22(26,27)28)14(29)9-30-20-33-32-18(37-20)11-3-6-15-12(7-11)8-16(34)31-15/h1-7,14,17H,8-9,29H2,(H,30,33)(H,31,34)/t14-,17+/m1/s1. The van der Waals surface area contributed by atoms with Gasteiger partial charge in [-0.05, 0) is 41.5 Å². The maximum Gasteiger partial charge on any atom is 0.490 e. The number of carbonyl (C=O) groups is 2. The van der Waals surface area contributed by atoms with Crippen LogP contribution in [0.15, 0.2) is 42.5 Å². The first-order chi connectivity index (χ1) is 17.3. The Bertz CT molecular complexity index is 1310.